The second-order valence-corrected chi connectivity index (χ2v) is 2.80. The molecular formula is C7H5ClF2N2O3. The van der Waals surface area contributed by atoms with Crippen molar-refractivity contribution in [1.82, 2.24) is 4.98 Å². The van der Waals surface area contributed by atoms with Crippen LogP contribution in [0.5, 0.6) is 5.75 Å². The van der Waals surface area contributed by atoms with Gasteiger partial charge in [-0.05, 0) is 0 Å². The first-order chi connectivity index (χ1) is 6.99. The molecule has 0 aliphatic heterocycles. The number of hydrogen-bond donors (Lipinski definition) is 0. The quantitative estimate of drug-likeness (QED) is 0.461. The van der Waals surface area contributed by atoms with Gasteiger partial charge >= 0.3 is 5.69 Å². The van der Waals surface area contributed by atoms with Gasteiger partial charge in [-0.1, -0.05) is 11.6 Å². The zero-order valence-electron chi connectivity index (χ0n) is 7.41. The average molecular weight is 239 g/mol. The van der Waals surface area contributed by atoms with Gasteiger partial charge in [-0.15, -0.1) is 0 Å². The van der Waals surface area contributed by atoms with E-state index in [0.717, 1.165) is 13.3 Å². The Morgan fingerprint density at radius 1 is 1.67 bits per heavy atom. The summed E-state index contributed by atoms with van der Waals surface area (Å²) in [5.74, 6) is -0.360. The van der Waals surface area contributed by atoms with Crippen molar-refractivity contribution >= 4 is 17.3 Å². The van der Waals surface area contributed by atoms with Gasteiger partial charge in [0.05, 0.1) is 18.2 Å². The van der Waals surface area contributed by atoms with Crippen molar-refractivity contribution in [3.05, 3.63) is 27.0 Å². The summed E-state index contributed by atoms with van der Waals surface area (Å²) in [4.78, 5) is 12.9. The van der Waals surface area contributed by atoms with Crippen LogP contribution in [0.4, 0.5) is 14.5 Å². The number of rotatable bonds is 3. The van der Waals surface area contributed by atoms with Gasteiger partial charge in [0.1, 0.15) is 5.56 Å². The highest BCUT2D eigenvalue weighted by atomic mass is 35.5. The van der Waals surface area contributed by atoms with Crippen molar-refractivity contribution in [2.24, 2.45) is 0 Å². The molecule has 0 amide bonds. The topological polar surface area (TPSA) is 65.3 Å². The summed E-state index contributed by atoms with van der Waals surface area (Å²) < 4.78 is 29.6. The predicted molar refractivity (Wildman–Crippen MR) is 47.4 cm³/mol. The van der Waals surface area contributed by atoms with E-state index in [9.17, 15) is 18.9 Å². The molecule has 1 heterocycles. The number of nitro groups is 1. The molecule has 0 spiro atoms. The molecule has 82 valence electrons. The molecule has 0 saturated carbocycles. The van der Waals surface area contributed by atoms with Crippen LogP contribution >= 0.6 is 11.6 Å². The number of alkyl halides is 2. The number of ether oxygens (including phenoxy) is 1. The first-order valence-electron chi connectivity index (χ1n) is 3.64. The summed E-state index contributed by atoms with van der Waals surface area (Å²) in [6.45, 7) is 0. The normalized spacial score (nSPS) is 10.5. The lowest BCUT2D eigenvalue weighted by Gasteiger charge is -2.07. The van der Waals surface area contributed by atoms with E-state index in [2.05, 4.69) is 9.72 Å². The van der Waals surface area contributed by atoms with Gasteiger partial charge in [0.15, 0.2) is 5.75 Å². The van der Waals surface area contributed by atoms with Gasteiger partial charge in [-0.3, -0.25) is 10.1 Å². The fraction of sp³-hybridized carbons (Fsp3) is 0.286. The Hall–Kier alpha value is -1.50. The fourth-order valence-corrected chi connectivity index (χ4v) is 1.24. The molecule has 0 aromatic carbocycles. The molecule has 1 aromatic rings. The third-order valence-electron chi connectivity index (χ3n) is 1.63. The Labute approximate surface area is 87.8 Å². The predicted octanol–water partition coefficient (Wildman–Crippen LogP) is 2.59. The number of methoxy groups -OCH3 is 1. The molecule has 0 atom stereocenters. The largest absolute Gasteiger partial charge is 0.494 e. The second-order valence-electron chi connectivity index (χ2n) is 2.44. The van der Waals surface area contributed by atoms with E-state index in [1.54, 1.807) is 0 Å². The zero-order chi connectivity index (χ0) is 11.6. The lowest BCUT2D eigenvalue weighted by molar-refractivity contribution is -0.386. The molecule has 0 aliphatic rings. The molecule has 0 fully saturated rings. The number of pyridine rings is 1. The van der Waals surface area contributed by atoms with Gasteiger partial charge in [0.2, 0.25) is 5.15 Å². The second kappa shape index (κ2) is 4.35. The highest BCUT2D eigenvalue weighted by Gasteiger charge is 2.30. The van der Waals surface area contributed by atoms with Gasteiger partial charge in [0, 0.05) is 0 Å². The molecule has 0 N–H and O–H groups in total. The van der Waals surface area contributed by atoms with E-state index in [4.69, 9.17) is 11.6 Å². The van der Waals surface area contributed by atoms with Gasteiger partial charge < -0.3 is 4.74 Å². The summed E-state index contributed by atoms with van der Waals surface area (Å²) in [5, 5.41) is 9.92. The SMILES string of the molecule is COc1cnc(Cl)c([N+](=O)[O-])c1C(F)F. The lowest BCUT2D eigenvalue weighted by Crippen LogP contribution is -2.02. The Morgan fingerprint density at radius 3 is 2.67 bits per heavy atom. The maximum Gasteiger partial charge on any atom is 0.319 e. The molecular weight excluding hydrogens is 234 g/mol. The van der Waals surface area contributed by atoms with Gasteiger partial charge in [-0.2, -0.15) is 0 Å². The molecule has 15 heavy (non-hydrogen) atoms. The van der Waals surface area contributed by atoms with E-state index >= 15 is 0 Å². The van der Waals surface area contributed by atoms with Crippen LogP contribution in [-0.4, -0.2) is 17.0 Å². The highest BCUT2D eigenvalue weighted by Crippen LogP contribution is 2.39. The minimum Gasteiger partial charge on any atom is -0.494 e. The molecule has 0 unspecified atom stereocenters. The zero-order valence-corrected chi connectivity index (χ0v) is 8.16. The molecule has 0 bridgehead atoms. The lowest BCUT2D eigenvalue weighted by atomic mass is 10.2. The summed E-state index contributed by atoms with van der Waals surface area (Å²) in [6.07, 6.45) is -2.14. The number of aromatic nitrogens is 1. The first-order valence-corrected chi connectivity index (χ1v) is 4.01. The van der Waals surface area contributed by atoms with Crippen molar-refractivity contribution in [2.45, 2.75) is 6.43 Å². The molecule has 0 aliphatic carbocycles. The average Bonchev–Trinajstić information content (AvgIpc) is 2.16. The Balaban J connectivity index is 3.51. The van der Waals surface area contributed by atoms with Crippen LogP contribution in [0.15, 0.2) is 6.20 Å². The summed E-state index contributed by atoms with van der Waals surface area (Å²) >= 11 is 5.36. The van der Waals surface area contributed by atoms with Crippen molar-refractivity contribution in [3.8, 4) is 5.75 Å². The molecule has 1 rings (SSSR count). The maximum atomic E-state index is 12.5. The molecule has 0 saturated heterocycles. The third kappa shape index (κ3) is 2.12. The molecule has 5 nitrogen and oxygen atoms in total. The highest BCUT2D eigenvalue weighted by molar-refractivity contribution is 6.31. The fourth-order valence-electron chi connectivity index (χ4n) is 1.02. The van der Waals surface area contributed by atoms with Crippen LogP contribution in [0.1, 0.15) is 12.0 Å². The van der Waals surface area contributed by atoms with Crippen molar-refractivity contribution in [3.63, 3.8) is 0 Å². The Morgan fingerprint density at radius 2 is 2.27 bits per heavy atom. The van der Waals surface area contributed by atoms with Crippen LogP contribution < -0.4 is 4.74 Å². The Bertz CT molecular complexity index is 400. The minimum atomic E-state index is -3.05. The summed E-state index contributed by atoms with van der Waals surface area (Å²) in [7, 11) is 1.11. The maximum absolute atomic E-state index is 12.5. The van der Waals surface area contributed by atoms with E-state index in [1.165, 1.54) is 0 Å². The number of nitrogens with zero attached hydrogens (tertiary/aromatic N) is 2. The smallest absolute Gasteiger partial charge is 0.319 e. The van der Waals surface area contributed by atoms with Crippen molar-refractivity contribution in [1.29, 1.82) is 0 Å². The van der Waals surface area contributed by atoms with E-state index < -0.39 is 27.8 Å². The number of hydrogen-bond acceptors (Lipinski definition) is 4. The molecule has 1 aromatic heterocycles. The summed E-state index contributed by atoms with van der Waals surface area (Å²) in [5.41, 5.74) is -1.78. The van der Waals surface area contributed by atoms with Gasteiger partial charge in [-0.25, -0.2) is 13.8 Å². The van der Waals surface area contributed by atoms with E-state index in [-0.39, 0.29) is 5.75 Å². The molecule has 0 radical (unpaired) electrons. The monoisotopic (exact) mass is 238 g/mol. The first kappa shape index (κ1) is 11.6. The molecule has 8 heteroatoms. The minimum absolute atomic E-state index is 0.360. The number of halogens is 3. The van der Waals surface area contributed by atoms with Crippen LogP contribution in [0.2, 0.25) is 5.15 Å². The van der Waals surface area contributed by atoms with Crippen molar-refractivity contribution in [2.75, 3.05) is 7.11 Å². The van der Waals surface area contributed by atoms with Gasteiger partial charge in [0.25, 0.3) is 6.43 Å². The summed E-state index contributed by atoms with van der Waals surface area (Å²) in [6, 6.07) is 0. The van der Waals surface area contributed by atoms with Crippen LogP contribution in [0, 0.1) is 10.1 Å². The third-order valence-corrected chi connectivity index (χ3v) is 1.91. The van der Waals surface area contributed by atoms with Crippen LogP contribution in [0.3, 0.4) is 0 Å². The van der Waals surface area contributed by atoms with Crippen molar-refractivity contribution < 1.29 is 18.4 Å². The van der Waals surface area contributed by atoms with Crippen LogP contribution in [-0.2, 0) is 0 Å². The standard InChI is InChI=1S/C7H5ClF2N2O3/c1-15-3-2-11-6(8)5(12(13)14)4(3)7(9)10/h2,7H,1H3. The van der Waals surface area contributed by atoms with E-state index in [0.29, 0.717) is 0 Å². The van der Waals surface area contributed by atoms with Crippen LogP contribution in [0.25, 0.3) is 0 Å². The Kier molecular flexibility index (Phi) is 3.35. The van der Waals surface area contributed by atoms with E-state index in [1.807, 2.05) is 0 Å².